The van der Waals surface area contributed by atoms with Crippen LogP contribution in [-0.2, 0) is 0 Å². The topological polar surface area (TPSA) is 113 Å². The number of ether oxygens (including phenoxy) is 2. The molecule has 3 aromatic heterocycles. The number of fused-ring (bicyclic) bond motifs is 1. The highest BCUT2D eigenvalue weighted by molar-refractivity contribution is 6.34. The molecular formula is C34H41ClN6O5. The van der Waals surface area contributed by atoms with Crippen LogP contribution in [0.1, 0.15) is 42.6 Å². The predicted molar refractivity (Wildman–Crippen MR) is 182 cm³/mol. The lowest BCUT2D eigenvalue weighted by molar-refractivity contribution is 0.0695. The number of carboxylic acids is 1. The molecule has 0 saturated carbocycles. The molecule has 0 spiro atoms. The number of nitrogens with zero attached hydrogens (tertiary/aromatic N) is 6. The van der Waals surface area contributed by atoms with Gasteiger partial charge in [0.15, 0.2) is 0 Å². The highest BCUT2D eigenvalue weighted by Gasteiger charge is 2.30. The number of halogens is 1. The van der Waals surface area contributed by atoms with Gasteiger partial charge in [0.2, 0.25) is 11.3 Å². The van der Waals surface area contributed by atoms with Gasteiger partial charge in [0.1, 0.15) is 23.7 Å². The average Bonchev–Trinajstić information content (AvgIpc) is 3.49. The number of carboxylic acid groups (broad SMARTS) is 1. The Balaban J connectivity index is 0.00000204. The molecule has 0 bridgehead atoms. The van der Waals surface area contributed by atoms with Crippen molar-refractivity contribution < 1.29 is 19.4 Å². The van der Waals surface area contributed by atoms with Crippen LogP contribution in [0.4, 0.5) is 11.5 Å². The summed E-state index contributed by atoms with van der Waals surface area (Å²) < 4.78 is 13.3. The number of hydrogen-bond acceptors (Lipinski definition) is 9. The van der Waals surface area contributed by atoms with Crippen LogP contribution in [-0.4, -0.2) is 90.0 Å². The molecule has 1 N–H and O–H groups in total. The van der Waals surface area contributed by atoms with Crippen molar-refractivity contribution in [1.29, 1.82) is 0 Å². The number of aromatic nitrogens is 3. The van der Waals surface area contributed by atoms with Crippen molar-refractivity contribution in [3.05, 3.63) is 75.3 Å². The molecule has 2 aliphatic heterocycles. The quantitative estimate of drug-likeness (QED) is 0.257. The molecule has 2 fully saturated rings. The van der Waals surface area contributed by atoms with Crippen LogP contribution in [0.15, 0.2) is 53.7 Å². The van der Waals surface area contributed by atoms with Gasteiger partial charge in [-0.25, -0.2) is 14.8 Å². The summed E-state index contributed by atoms with van der Waals surface area (Å²) in [7, 11) is 5.75. The van der Waals surface area contributed by atoms with E-state index in [1.165, 1.54) is 6.20 Å². The van der Waals surface area contributed by atoms with Gasteiger partial charge in [-0.1, -0.05) is 25.4 Å². The monoisotopic (exact) mass is 648 g/mol. The fourth-order valence-corrected chi connectivity index (χ4v) is 6.24. The van der Waals surface area contributed by atoms with Gasteiger partial charge in [-0.15, -0.1) is 0 Å². The van der Waals surface area contributed by atoms with Crippen molar-refractivity contribution in [2.24, 2.45) is 0 Å². The number of aromatic carboxylic acids is 1. The van der Waals surface area contributed by atoms with Gasteiger partial charge in [-0.3, -0.25) is 4.79 Å². The minimum Gasteiger partial charge on any atom is -0.496 e. The van der Waals surface area contributed by atoms with Crippen LogP contribution in [0.5, 0.6) is 11.6 Å². The van der Waals surface area contributed by atoms with Gasteiger partial charge in [-0.2, -0.15) is 0 Å². The first-order valence-corrected chi connectivity index (χ1v) is 15.9. The van der Waals surface area contributed by atoms with Crippen LogP contribution in [0.25, 0.3) is 16.6 Å². The molecule has 244 valence electrons. The van der Waals surface area contributed by atoms with Crippen LogP contribution in [0.2, 0.25) is 5.02 Å². The molecule has 2 aliphatic rings. The Bertz CT molecular complexity index is 1770. The first kappa shape index (κ1) is 33.0. The molecule has 5 heterocycles. The van der Waals surface area contributed by atoms with E-state index in [0.29, 0.717) is 40.5 Å². The lowest BCUT2D eigenvalue weighted by Gasteiger charge is -2.43. The molecule has 1 aromatic carbocycles. The summed E-state index contributed by atoms with van der Waals surface area (Å²) >= 11 is 6.82. The Kier molecular flexibility index (Phi) is 10.0. The summed E-state index contributed by atoms with van der Waals surface area (Å²) in [4.78, 5) is 41.0. The van der Waals surface area contributed by atoms with Crippen LogP contribution < -0.4 is 24.7 Å². The second-order valence-electron chi connectivity index (χ2n) is 11.5. The molecule has 11 nitrogen and oxygen atoms in total. The Labute approximate surface area is 273 Å². The highest BCUT2D eigenvalue weighted by atomic mass is 35.5. The van der Waals surface area contributed by atoms with E-state index in [1.54, 1.807) is 36.2 Å². The Morgan fingerprint density at radius 3 is 2.57 bits per heavy atom. The summed E-state index contributed by atoms with van der Waals surface area (Å²) in [5.74, 6) is 0.769. The number of benzene rings is 1. The Morgan fingerprint density at radius 1 is 1.15 bits per heavy atom. The average molecular weight is 649 g/mol. The zero-order chi connectivity index (χ0) is 33.1. The van der Waals surface area contributed by atoms with Crippen LogP contribution in [0.3, 0.4) is 0 Å². The molecule has 0 radical (unpaired) electrons. The van der Waals surface area contributed by atoms with E-state index in [-0.39, 0.29) is 17.0 Å². The molecule has 2 saturated heterocycles. The van der Waals surface area contributed by atoms with Crippen LogP contribution >= 0.6 is 11.6 Å². The number of carbonyl (C=O) groups is 1. The number of hydrogen-bond donors (Lipinski definition) is 1. The molecule has 0 aliphatic carbocycles. The number of likely N-dealkylation sites (N-methyl/N-ethyl adjacent to an activating group) is 1. The van der Waals surface area contributed by atoms with Crippen molar-refractivity contribution in [3.63, 3.8) is 0 Å². The second kappa shape index (κ2) is 14.0. The van der Waals surface area contributed by atoms with E-state index >= 15 is 0 Å². The highest BCUT2D eigenvalue weighted by Crippen LogP contribution is 2.36. The standard InChI is InChI=1S/C32H35ClN6O5.C2H6/c1-19-28(43-4)9-10-34-31(19)44-18-21-6-5-11-38(21)27-13-26-23(12-25(27)33)30(40)24(32(41)42)17-39(26)20-7-8-29(35-14-20)37-15-22(16-37)36(2)3;1-2/h7-10,12-14,17,21-22H,5-6,11,15-16,18H2,1-4H3,(H,41,42);1-2H3/t21-;/m1./s1. The first-order chi connectivity index (χ1) is 22.2. The summed E-state index contributed by atoms with van der Waals surface area (Å²) in [5, 5.41) is 10.4. The third kappa shape index (κ3) is 6.34. The molecule has 0 unspecified atom stereocenters. The van der Waals surface area contributed by atoms with Crippen molar-refractivity contribution in [3.8, 4) is 17.3 Å². The minimum atomic E-state index is -1.30. The van der Waals surface area contributed by atoms with Gasteiger partial charge in [0.25, 0.3) is 0 Å². The summed E-state index contributed by atoms with van der Waals surface area (Å²) in [5.41, 5.74) is 1.83. The zero-order valence-corrected chi connectivity index (χ0v) is 27.9. The smallest absolute Gasteiger partial charge is 0.341 e. The first-order valence-electron chi connectivity index (χ1n) is 15.5. The van der Waals surface area contributed by atoms with Crippen LogP contribution in [0, 0.1) is 6.92 Å². The van der Waals surface area contributed by atoms with E-state index in [1.807, 2.05) is 39.0 Å². The molecule has 12 heteroatoms. The zero-order valence-electron chi connectivity index (χ0n) is 27.2. The van der Waals surface area contributed by atoms with Gasteiger partial charge in [0.05, 0.1) is 46.8 Å². The number of rotatable bonds is 9. The summed E-state index contributed by atoms with van der Waals surface area (Å²) in [6.07, 6.45) is 6.56. The maximum absolute atomic E-state index is 13.3. The lowest BCUT2D eigenvalue weighted by atomic mass is 10.1. The number of anilines is 2. The maximum Gasteiger partial charge on any atom is 0.341 e. The number of pyridine rings is 3. The largest absolute Gasteiger partial charge is 0.496 e. The molecule has 46 heavy (non-hydrogen) atoms. The van der Waals surface area contributed by atoms with E-state index in [4.69, 9.17) is 21.1 Å². The van der Waals surface area contributed by atoms with E-state index in [9.17, 15) is 14.7 Å². The SMILES string of the molecule is CC.COc1ccnc(OC[C@H]2CCCN2c2cc3c(cc2Cl)c(=O)c(C(=O)O)cn3-c2ccc(N3CC(N(C)C)C3)nc2)c1C. The molecule has 0 amide bonds. The third-order valence-electron chi connectivity index (χ3n) is 8.66. The minimum absolute atomic E-state index is 0.0132. The van der Waals surface area contributed by atoms with Gasteiger partial charge in [0, 0.05) is 43.5 Å². The maximum atomic E-state index is 13.3. The Morgan fingerprint density at radius 2 is 1.91 bits per heavy atom. The van der Waals surface area contributed by atoms with E-state index in [2.05, 4.69) is 38.8 Å². The van der Waals surface area contributed by atoms with Gasteiger partial charge >= 0.3 is 5.97 Å². The fourth-order valence-electron chi connectivity index (χ4n) is 5.96. The fraction of sp³-hybridized carbons (Fsp3) is 0.412. The lowest BCUT2D eigenvalue weighted by Crippen LogP contribution is -2.57. The van der Waals surface area contributed by atoms with Crippen molar-refractivity contribution in [2.75, 3.05) is 57.2 Å². The third-order valence-corrected chi connectivity index (χ3v) is 8.96. The molecule has 1 atom stereocenters. The van der Waals surface area contributed by atoms with Crippen molar-refractivity contribution in [2.45, 2.75) is 45.7 Å². The second-order valence-corrected chi connectivity index (χ2v) is 11.9. The molecule has 4 aromatic rings. The Hall–Kier alpha value is -4.35. The molecule has 6 rings (SSSR count). The summed E-state index contributed by atoms with van der Waals surface area (Å²) in [6, 6.07) is 9.54. The molecular weight excluding hydrogens is 608 g/mol. The normalized spacial score (nSPS) is 16.3. The van der Waals surface area contributed by atoms with Gasteiger partial charge in [-0.05, 0) is 64.2 Å². The van der Waals surface area contributed by atoms with E-state index in [0.717, 1.165) is 49.5 Å². The predicted octanol–water partition coefficient (Wildman–Crippen LogP) is 5.27. The summed E-state index contributed by atoms with van der Waals surface area (Å²) in [6.45, 7) is 8.82. The number of methoxy groups -OCH3 is 1. The van der Waals surface area contributed by atoms with E-state index < -0.39 is 11.4 Å². The van der Waals surface area contributed by atoms with Crippen molar-refractivity contribution >= 4 is 40.0 Å². The van der Waals surface area contributed by atoms with Gasteiger partial charge < -0.3 is 33.8 Å². The van der Waals surface area contributed by atoms with Crippen molar-refractivity contribution in [1.82, 2.24) is 19.4 Å².